The van der Waals surface area contributed by atoms with Crippen LogP contribution < -0.4 is 10.6 Å². The summed E-state index contributed by atoms with van der Waals surface area (Å²) in [5, 5.41) is 17.9. The zero-order valence-electron chi connectivity index (χ0n) is 70.7. The summed E-state index contributed by atoms with van der Waals surface area (Å²) in [5.41, 5.74) is 3.00. The number of carbonyl (C=O) groups is 10. The van der Waals surface area contributed by atoms with Gasteiger partial charge in [0, 0.05) is 171 Å². The Hall–Kier alpha value is -8.09. The number of aromatic nitrogens is 1. The summed E-state index contributed by atoms with van der Waals surface area (Å²) in [6.07, 6.45) is 1.49. The van der Waals surface area contributed by atoms with Crippen molar-refractivity contribution >= 4 is 96.5 Å². The molecule has 0 bridgehead atoms. The van der Waals surface area contributed by atoms with Crippen molar-refractivity contribution in [2.24, 2.45) is 54.1 Å². The van der Waals surface area contributed by atoms with Crippen LogP contribution in [-0.4, -0.2) is 67.7 Å². The topological polar surface area (TPSA) is 251 Å². The molecule has 110 heavy (non-hydrogen) atoms. The number of carbonyl (C=O) groups excluding carboxylic acids is 10. The molecule has 2 N–H and O–H groups in total. The maximum atomic E-state index is 12.9. The van der Waals surface area contributed by atoms with Crippen LogP contribution >= 0.6 is 15.9 Å². The predicted molar refractivity (Wildman–Crippen MR) is 446 cm³/mol. The van der Waals surface area contributed by atoms with Crippen LogP contribution in [0.3, 0.4) is 0 Å². The van der Waals surface area contributed by atoms with Gasteiger partial charge < -0.3 is 10.6 Å². The molecule has 18 heteroatoms. The van der Waals surface area contributed by atoms with Crippen molar-refractivity contribution in [1.82, 2.24) is 4.98 Å². The fourth-order valence-corrected chi connectivity index (χ4v) is 10.7. The zero-order chi connectivity index (χ0) is 84.1. The summed E-state index contributed by atoms with van der Waals surface area (Å²) in [5.74, 6) is -0.139. The molecule has 1 aromatic heterocycles. The van der Waals surface area contributed by atoms with Gasteiger partial charge in [0.2, 0.25) is 0 Å². The number of benzene rings is 6. The molecular weight excluding hydrogens is 1470 g/mol. The van der Waals surface area contributed by atoms with E-state index in [9.17, 15) is 58.1 Å². The van der Waals surface area contributed by atoms with Crippen molar-refractivity contribution in [2.45, 2.75) is 214 Å². The number of Topliss-reactive ketones (excluding diaryl/α,β-unsaturated/α-hetero) is 10. The third kappa shape index (κ3) is 29.2. The number of ketones is 10. The SMILES string of the molecule is CC(C)(C)C(=O)c1ccc(C(=O)C(C)(C)C)c(Br)c1.CC(C)(C)C(=O)c1ccc(C(=O)C(C)(C)C)c(NCc2ccccc2)c1.CC(C)(C)C(=O)c1ccc(C(=O)C(C)(C)C)c(Nc2ccccc2)c1.CC(C)(C)C(=O)c1ccc(C(=O)C(C)(C)C)c([N+](=O)[O-])c1.CC(C)(C)C(=O)c1ccc(C(=O)C(C)(C)C)nc1.[Ar]. The summed E-state index contributed by atoms with van der Waals surface area (Å²) in [6.45, 7) is 56.2. The first-order valence-corrected chi connectivity index (χ1v) is 37.5. The molecule has 7 rings (SSSR count). The minimum atomic E-state index is -0.722. The standard InChI is InChI=1S/C23H29NO2.C22H27NO2.C16H21BrO2.C16H21NO4.C15H21NO2.Ar/c1-22(2,3)20(25)17-12-13-18(21(26)23(4,5)6)19(14-17)24-15-16-10-8-7-9-11-16;1-21(2,3)19(24)15-12-13-17(20(25)22(4,5)6)18(14-15)23-16-10-8-7-9-11-16;1-15(2,3)13(18)10-7-8-11(12(17)9-10)14(19)16(4,5)6;1-15(2,3)13(18)10-7-8-11(12(9-10)17(20)21)14(19)16(4,5)6;1-14(2,3)12(17)10-7-8-11(16-9-10)13(18)15(4,5)6;/h7-14,24H,15H2,1-6H3;7-14,23H,1-6H3;7-9H,1-6H3;7-9H,1-6H3;7-9H,1-6H3;. The van der Waals surface area contributed by atoms with Crippen LogP contribution in [0.2, 0.25) is 0 Å². The molecule has 0 saturated carbocycles. The van der Waals surface area contributed by atoms with Gasteiger partial charge in [0.25, 0.3) is 5.69 Å². The van der Waals surface area contributed by atoms with E-state index in [1.807, 2.05) is 233 Å². The molecule has 0 aliphatic rings. The van der Waals surface area contributed by atoms with Crippen molar-refractivity contribution in [2.75, 3.05) is 10.6 Å². The van der Waals surface area contributed by atoms with Crippen molar-refractivity contribution in [3.8, 4) is 0 Å². The average molecular weight is 1590 g/mol. The van der Waals surface area contributed by atoms with E-state index in [1.54, 1.807) is 102 Å². The molecule has 0 unspecified atom stereocenters. The first kappa shape index (κ1) is 98.0. The van der Waals surface area contributed by atoms with Gasteiger partial charge in [0.15, 0.2) is 57.8 Å². The molecule has 0 aliphatic heterocycles. The molecule has 0 fully saturated rings. The number of anilines is 3. The largest absolute Gasteiger partial charge is 0.380 e. The fourth-order valence-electron chi connectivity index (χ4n) is 10.2. The Morgan fingerprint density at radius 1 is 0.336 bits per heavy atom. The van der Waals surface area contributed by atoms with Crippen LogP contribution in [0.4, 0.5) is 22.7 Å². The predicted octanol–water partition coefficient (Wildman–Crippen LogP) is 24.1. The summed E-state index contributed by atoms with van der Waals surface area (Å²) in [6, 6.07) is 42.9. The van der Waals surface area contributed by atoms with Crippen LogP contribution in [0.15, 0.2) is 156 Å². The molecule has 7 aromatic rings. The number of hydrogen-bond acceptors (Lipinski definition) is 15. The van der Waals surface area contributed by atoms with E-state index >= 15 is 0 Å². The molecule has 0 atom stereocenters. The van der Waals surface area contributed by atoms with E-state index in [4.69, 9.17) is 0 Å². The van der Waals surface area contributed by atoms with Crippen molar-refractivity contribution < 1.29 is 90.6 Å². The quantitative estimate of drug-likeness (QED) is 0.0518. The minimum Gasteiger partial charge on any atom is -0.380 e. The first-order valence-electron chi connectivity index (χ1n) is 36.7. The smallest absolute Gasteiger partial charge is 0.280 e. The van der Waals surface area contributed by atoms with Crippen LogP contribution in [0.5, 0.6) is 0 Å². The monoisotopic (exact) mass is 1590 g/mol. The Morgan fingerprint density at radius 2 is 0.627 bits per heavy atom. The number of nitrogens with zero attached hydrogens (tertiary/aromatic N) is 2. The molecule has 0 radical (unpaired) electrons. The Balaban J connectivity index is 0.000000469. The third-order valence-corrected chi connectivity index (χ3v) is 17.3. The van der Waals surface area contributed by atoms with Gasteiger partial charge >= 0.3 is 0 Å². The molecule has 594 valence electrons. The first-order chi connectivity index (χ1) is 49.3. The molecule has 0 spiro atoms. The number of halogens is 1. The molecule has 0 aliphatic carbocycles. The third-order valence-electron chi connectivity index (χ3n) is 16.7. The average Bonchev–Trinajstić information content (AvgIpc) is 0.823. The van der Waals surface area contributed by atoms with Gasteiger partial charge in [-0.1, -0.05) is 296 Å². The molecular formula is C92H119ArBrN4O12. The Kier molecular flexibility index (Phi) is 34.2. The normalized spacial score (nSPS) is 12.0. The Bertz CT molecular complexity index is 4440. The van der Waals surface area contributed by atoms with Crippen molar-refractivity contribution in [3.63, 3.8) is 0 Å². The van der Waals surface area contributed by atoms with Gasteiger partial charge in [0.05, 0.1) is 16.2 Å². The maximum absolute atomic E-state index is 12.9. The summed E-state index contributed by atoms with van der Waals surface area (Å²) in [4.78, 5) is 139. The molecule has 6 aromatic carbocycles. The summed E-state index contributed by atoms with van der Waals surface area (Å²) >= 11 is 3.40. The second kappa shape index (κ2) is 38.4. The number of para-hydroxylation sites is 1. The Morgan fingerprint density at radius 3 is 0.973 bits per heavy atom. The van der Waals surface area contributed by atoms with E-state index < -0.39 is 59.1 Å². The van der Waals surface area contributed by atoms with E-state index in [1.165, 1.54) is 24.4 Å². The molecule has 1 heterocycles. The van der Waals surface area contributed by atoms with E-state index in [0.29, 0.717) is 67.0 Å². The van der Waals surface area contributed by atoms with Crippen molar-refractivity contribution in [1.29, 1.82) is 0 Å². The second-order valence-corrected chi connectivity index (χ2v) is 38.6. The number of nitro groups is 1. The van der Waals surface area contributed by atoms with E-state index in [2.05, 4.69) is 31.5 Å². The van der Waals surface area contributed by atoms with Gasteiger partial charge in [-0.05, 0) is 72.3 Å². The minimum absolute atomic E-state index is 0. The van der Waals surface area contributed by atoms with E-state index in [0.717, 1.165) is 11.3 Å². The number of rotatable bonds is 16. The zero-order valence-corrected chi connectivity index (χ0v) is 73.0. The Labute approximate surface area is 693 Å². The van der Waals surface area contributed by atoms with Crippen LogP contribution in [-0.2, 0) is 6.54 Å². The molecule has 0 saturated heterocycles. The van der Waals surface area contributed by atoms with Gasteiger partial charge in [-0.15, -0.1) is 0 Å². The van der Waals surface area contributed by atoms with Gasteiger partial charge in [-0.3, -0.25) is 63.0 Å². The van der Waals surface area contributed by atoms with E-state index in [-0.39, 0.29) is 112 Å². The van der Waals surface area contributed by atoms with Gasteiger partial charge in [-0.25, -0.2) is 0 Å². The number of nitro benzene ring substituents is 1. The van der Waals surface area contributed by atoms with Gasteiger partial charge in [0.1, 0.15) is 5.69 Å². The number of nitrogens with one attached hydrogen (secondary N) is 2. The van der Waals surface area contributed by atoms with Gasteiger partial charge in [-0.2, -0.15) is 0 Å². The second-order valence-electron chi connectivity index (χ2n) is 37.8. The summed E-state index contributed by atoms with van der Waals surface area (Å²) in [7, 11) is 0. The van der Waals surface area contributed by atoms with Crippen molar-refractivity contribution in [3.05, 3.63) is 228 Å². The van der Waals surface area contributed by atoms with Crippen LogP contribution in [0, 0.1) is 102 Å². The maximum Gasteiger partial charge on any atom is 0.280 e. The van der Waals surface area contributed by atoms with Crippen LogP contribution in [0.25, 0.3) is 0 Å². The number of pyridine rings is 1. The number of hydrogen-bond donors (Lipinski definition) is 2. The molecule has 16 nitrogen and oxygen atoms in total. The fraction of sp³-hybridized carbons (Fsp3) is 0.446. The van der Waals surface area contributed by atoms with Crippen LogP contribution in [0.1, 0.15) is 317 Å². The summed E-state index contributed by atoms with van der Waals surface area (Å²) < 4.78 is 0.683. The molecule has 0 amide bonds.